The van der Waals surface area contributed by atoms with Crippen LogP contribution in [0.1, 0.15) is 16.7 Å². The molecule has 1 aliphatic heterocycles. The summed E-state index contributed by atoms with van der Waals surface area (Å²) in [5.41, 5.74) is 3.14. The van der Waals surface area contributed by atoms with Crippen LogP contribution >= 0.6 is 0 Å². The van der Waals surface area contributed by atoms with E-state index >= 15 is 0 Å². The Bertz CT molecular complexity index is 653. The molecule has 0 aromatic heterocycles. The second kappa shape index (κ2) is 5.87. The number of rotatable bonds is 4. The Morgan fingerprint density at radius 2 is 1.95 bits per heavy atom. The van der Waals surface area contributed by atoms with Crippen LogP contribution in [-0.4, -0.2) is 13.0 Å². The zero-order chi connectivity index (χ0) is 14.7. The highest BCUT2D eigenvalue weighted by Crippen LogP contribution is 2.36. The van der Waals surface area contributed by atoms with Crippen LogP contribution in [-0.2, 0) is 24.4 Å². The minimum absolute atomic E-state index is 0.293. The van der Waals surface area contributed by atoms with Gasteiger partial charge in [-0.25, -0.2) is 0 Å². The Labute approximate surface area is 123 Å². The van der Waals surface area contributed by atoms with E-state index in [0.717, 1.165) is 16.7 Å². The average Bonchev–Trinajstić information content (AvgIpc) is 2.53. The quantitative estimate of drug-likeness (QED) is 0.936. The monoisotopic (exact) mass is 283 g/mol. The van der Waals surface area contributed by atoms with E-state index in [1.54, 1.807) is 7.11 Å². The SMILES string of the molecule is COc1ccc2c(c1OCc1ccccc1)COC(=N)C2. The van der Waals surface area contributed by atoms with Gasteiger partial charge < -0.3 is 14.2 Å². The molecule has 108 valence electrons. The van der Waals surface area contributed by atoms with Crippen molar-refractivity contribution in [3.63, 3.8) is 0 Å². The lowest BCUT2D eigenvalue weighted by Gasteiger charge is -2.22. The van der Waals surface area contributed by atoms with Crippen molar-refractivity contribution in [3.05, 3.63) is 59.2 Å². The van der Waals surface area contributed by atoms with Gasteiger partial charge >= 0.3 is 0 Å². The molecule has 21 heavy (non-hydrogen) atoms. The highest BCUT2D eigenvalue weighted by molar-refractivity contribution is 5.78. The minimum atomic E-state index is 0.293. The fourth-order valence-corrected chi connectivity index (χ4v) is 2.40. The first-order valence-electron chi connectivity index (χ1n) is 6.83. The zero-order valence-electron chi connectivity index (χ0n) is 11.9. The van der Waals surface area contributed by atoms with E-state index in [4.69, 9.17) is 19.6 Å². The van der Waals surface area contributed by atoms with Crippen molar-refractivity contribution >= 4 is 5.90 Å². The van der Waals surface area contributed by atoms with Gasteiger partial charge in [0.1, 0.15) is 13.2 Å². The number of methoxy groups -OCH3 is 1. The van der Waals surface area contributed by atoms with Crippen molar-refractivity contribution in [2.24, 2.45) is 0 Å². The summed E-state index contributed by atoms with van der Waals surface area (Å²) in [7, 11) is 1.63. The first kappa shape index (κ1) is 13.5. The largest absolute Gasteiger partial charge is 0.493 e. The molecule has 0 spiro atoms. The van der Waals surface area contributed by atoms with Crippen LogP contribution in [0.5, 0.6) is 11.5 Å². The lowest BCUT2D eigenvalue weighted by Crippen LogP contribution is -2.17. The molecule has 0 saturated heterocycles. The molecule has 2 aromatic rings. The molecule has 0 fully saturated rings. The van der Waals surface area contributed by atoms with Crippen molar-refractivity contribution in [2.75, 3.05) is 7.11 Å². The third-order valence-corrected chi connectivity index (χ3v) is 3.51. The molecule has 1 aliphatic rings. The van der Waals surface area contributed by atoms with Crippen molar-refractivity contribution in [1.82, 2.24) is 0 Å². The second-order valence-electron chi connectivity index (χ2n) is 4.90. The topological polar surface area (TPSA) is 51.5 Å². The van der Waals surface area contributed by atoms with Crippen LogP contribution in [0.3, 0.4) is 0 Å². The van der Waals surface area contributed by atoms with E-state index in [1.807, 2.05) is 42.5 Å². The Hall–Kier alpha value is -2.49. The van der Waals surface area contributed by atoms with Gasteiger partial charge in [-0.3, -0.25) is 5.41 Å². The van der Waals surface area contributed by atoms with E-state index in [1.165, 1.54) is 0 Å². The van der Waals surface area contributed by atoms with Gasteiger partial charge in [0.15, 0.2) is 17.4 Å². The predicted octanol–water partition coefficient (Wildman–Crippen LogP) is 3.32. The van der Waals surface area contributed by atoms with E-state index in [2.05, 4.69) is 0 Å². The van der Waals surface area contributed by atoms with Gasteiger partial charge in [0, 0.05) is 12.0 Å². The maximum absolute atomic E-state index is 7.63. The molecule has 0 radical (unpaired) electrons. The fourth-order valence-electron chi connectivity index (χ4n) is 2.40. The normalized spacial score (nSPS) is 13.3. The summed E-state index contributed by atoms with van der Waals surface area (Å²) in [6.45, 7) is 0.834. The fraction of sp³-hybridized carbons (Fsp3) is 0.235. The third kappa shape index (κ3) is 2.84. The zero-order valence-corrected chi connectivity index (χ0v) is 11.9. The molecule has 0 bridgehead atoms. The molecule has 0 atom stereocenters. The van der Waals surface area contributed by atoms with Gasteiger partial charge in [0.2, 0.25) is 0 Å². The molecular formula is C17H17NO3. The lowest BCUT2D eigenvalue weighted by molar-refractivity contribution is 0.243. The Kier molecular flexibility index (Phi) is 3.77. The number of hydrogen-bond acceptors (Lipinski definition) is 4. The van der Waals surface area contributed by atoms with Gasteiger partial charge in [0.05, 0.1) is 7.11 Å². The highest BCUT2D eigenvalue weighted by atomic mass is 16.5. The number of nitrogens with one attached hydrogen (secondary N) is 1. The van der Waals surface area contributed by atoms with Gasteiger partial charge in [-0.1, -0.05) is 36.4 Å². The van der Waals surface area contributed by atoms with Crippen LogP contribution < -0.4 is 9.47 Å². The molecule has 1 heterocycles. The Morgan fingerprint density at radius 3 is 2.71 bits per heavy atom. The summed E-state index contributed by atoms with van der Waals surface area (Å²) in [5.74, 6) is 1.70. The predicted molar refractivity (Wildman–Crippen MR) is 80.0 cm³/mol. The molecular weight excluding hydrogens is 266 g/mol. The van der Waals surface area contributed by atoms with Gasteiger partial charge in [-0.2, -0.15) is 0 Å². The van der Waals surface area contributed by atoms with Crippen LogP contribution in [0.2, 0.25) is 0 Å². The minimum Gasteiger partial charge on any atom is -0.493 e. The van der Waals surface area contributed by atoms with Crippen LogP contribution in [0.25, 0.3) is 0 Å². The molecule has 0 unspecified atom stereocenters. The van der Waals surface area contributed by atoms with Crippen LogP contribution in [0.15, 0.2) is 42.5 Å². The third-order valence-electron chi connectivity index (χ3n) is 3.51. The average molecular weight is 283 g/mol. The highest BCUT2D eigenvalue weighted by Gasteiger charge is 2.21. The van der Waals surface area contributed by atoms with Crippen molar-refractivity contribution < 1.29 is 14.2 Å². The maximum atomic E-state index is 7.63. The molecule has 4 nitrogen and oxygen atoms in total. The molecule has 2 aromatic carbocycles. The Balaban J connectivity index is 1.89. The van der Waals surface area contributed by atoms with Gasteiger partial charge in [0.25, 0.3) is 0 Å². The smallest absolute Gasteiger partial charge is 0.185 e. The number of ether oxygens (including phenoxy) is 3. The van der Waals surface area contributed by atoms with E-state index < -0.39 is 0 Å². The van der Waals surface area contributed by atoms with Crippen molar-refractivity contribution in [2.45, 2.75) is 19.6 Å². The van der Waals surface area contributed by atoms with E-state index in [-0.39, 0.29) is 0 Å². The molecule has 3 rings (SSSR count). The molecule has 1 N–H and O–H groups in total. The van der Waals surface area contributed by atoms with E-state index in [0.29, 0.717) is 37.0 Å². The number of hydrogen-bond donors (Lipinski definition) is 1. The van der Waals surface area contributed by atoms with Crippen LogP contribution in [0.4, 0.5) is 0 Å². The maximum Gasteiger partial charge on any atom is 0.185 e. The van der Waals surface area contributed by atoms with Gasteiger partial charge in [-0.15, -0.1) is 0 Å². The summed E-state index contributed by atoms with van der Waals surface area (Å²) in [6, 6.07) is 13.9. The number of benzene rings is 2. The molecule has 4 heteroatoms. The van der Waals surface area contributed by atoms with Crippen molar-refractivity contribution in [1.29, 1.82) is 5.41 Å². The first-order valence-corrected chi connectivity index (χ1v) is 6.83. The summed E-state index contributed by atoms with van der Waals surface area (Å²) in [5, 5.41) is 7.63. The summed E-state index contributed by atoms with van der Waals surface area (Å²) < 4.78 is 16.7. The van der Waals surface area contributed by atoms with Crippen molar-refractivity contribution in [3.8, 4) is 11.5 Å². The lowest BCUT2D eigenvalue weighted by atomic mass is 10.0. The second-order valence-corrected chi connectivity index (χ2v) is 4.90. The Morgan fingerprint density at radius 1 is 1.14 bits per heavy atom. The molecule has 0 amide bonds. The molecule has 0 aliphatic carbocycles. The molecule has 0 saturated carbocycles. The summed E-state index contributed by atoms with van der Waals surface area (Å²) in [6.07, 6.45) is 0.501. The van der Waals surface area contributed by atoms with Gasteiger partial charge in [-0.05, 0) is 17.2 Å². The van der Waals surface area contributed by atoms with Crippen LogP contribution in [0, 0.1) is 5.41 Å². The first-order chi connectivity index (χ1) is 10.3. The summed E-state index contributed by atoms with van der Waals surface area (Å²) >= 11 is 0. The summed E-state index contributed by atoms with van der Waals surface area (Å²) in [4.78, 5) is 0. The number of fused-ring (bicyclic) bond motifs is 1. The standard InChI is InChI=1S/C17H17NO3/c1-19-15-8-7-13-9-16(18)20-11-14(13)17(15)21-10-12-5-3-2-4-6-12/h2-8,18H,9-11H2,1H3. The van der Waals surface area contributed by atoms with E-state index in [9.17, 15) is 0 Å².